The third kappa shape index (κ3) is 3.72. The Bertz CT molecular complexity index is 544. The van der Waals surface area contributed by atoms with Crippen molar-refractivity contribution in [1.29, 1.82) is 0 Å². The summed E-state index contributed by atoms with van der Waals surface area (Å²) in [6, 6.07) is 4.85. The van der Waals surface area contributed by atoms with Gasteiger partial charge in [-0.2, -0.15) is 0 Å². The van der Waals surface area contributed by atoms with Crippen molar-refractivity contribution in [1.82, 2.24) is 10.2 Å². The van der Waals surface area contributed by atoms with E-state index in [0.29, 0.717) is 26.2 Å². The van der Waals surface area contributed by atoms with Crippen molar-refractivity contribution in [2.24, 2.45) is 5.92 Å². The molecular formula is C15H20N2O4. The highest BCUT2D eigenvalue weighted by Gasteiger charge is 2.24. The second kappa shape index (κ2) is 6.58. The summed E-state index contributed by atoms with van der Waals surface area (Å²) in [4.78, 5) is 24.7. The SMILES string of the molecule is COCC(C)CNC(=O)N1Cc2ccc(C(=O)O)cc2C1. The summed E-state index contributed by atoms with van der Waals surface area (Å²) >= 11 is 0. The van der Waals surface area contributed by atoms with Gasteiger partial charge in [0, 0.05) is 26.7 Å². The molecule has 6 heteroatoms. The molecule has 0 aliphatic carbocycles. The van der Waals surface area contributed by atoms with Crippen molar-refractivity contribution >= 4 is 12.0 Å². The molecule has 0 saturated carbocycles. The Kier molecular flexibility index (Phi) is 4.80. The number of nitrogens with one attached hydrogen (secondary N) is 1. The lowest BCUT2D eigenvalue weighted by molar-refractivity contribution is 0.0696. The van der Waals surface area contributed by atoms with E-state index in [0.717, 1.165) is 11.1 Å². The van der Waals surface area contributed by atoms with Crippen LogP contribution in [-0.4, -0.2) is 42.3 Å². The third-order valence-electron chi connectivity index (χ3n) is 3.52. The fourth-order valence-electron chi connectivity index (χ4n) is 2.39. The first-order valence-corrected chi connectivity index (χ1v) is 6.88. The van der Waals surface area contributed by atoms with Gasteiger partial charge in [0.25, 0.3) is 0 Å². The molecule has 0 radical (unpaired) electrons. The zero-order valence-electron chi connectivity index (χ0n) is 12.3. The predicted molar refractivity (Wildman–Crippen MR) is 77.1 cm³/mol. The molecule has 0 saturated heterocycles. The number of rotatable bonds is 5. The van der Waals surface area contributed by atoms with Gasteiger partial charge in [-0.25, -0.2) is 9.59 Å². The normalized spacial score (nSPS) is 14.7. The lowest BCUT2D eigenvalue weighted by Gasteiger charge is -2.18. The maximum atomic E-state index is 12.1. The average molecular weight is 292 g/mol. The monoisotopic (exact) mass is 292 g/mol. The quantitative estimate of drug-likeness (QED) is 0.865. The Balaban J connectivity index is 1.93. The van der Waals surface area contributed by atoms with Crippen molar-refractivity contribution < 1.29 is 19.4 Å². The van der Waals surface area contributed by atoms with Crippen molar-refractivity contribution in [3.8, 4) is 0 Å². The summed E-state index contributed by atoms with van der Waals surface area (Å²) < 4.78 is 5.03. The highest BCUT2D eigenvalue weighted by Crippen LogP contribution is 2.23. The molecule has 0 bridgehead atoms. The molecule has 1 aliphatic heterocycles. The number of ether oxygens (including phenoxy) is 1. The predicted octanol–water partition coefficient (Wildman–Crippen LogP) is 1.69. The Hall–Kier alpha value is -2.08. The second-order valence-electron chi connectivity index (χ2n) is 5.39. The Morgan fingerprint density at radius 3 is 2.76 bits per heavy atom. The van der Waals surface area contributed by atoms with E-state index in [2.05, 4.69) is 5.32 Å². The number of fused-ring (bicyclic) bond motifs is 1. The minimum Gasteiger partial charge on any atom is -0.478 e. The summed E-state index contributed by atoms with van der Waals surface area (Å²) in [6.07, 6.45) is 0. The number of urea groups is 1. The molecule has 2 amide bonds. The van der Waals surface area contributed by atoms with Crippen LogP contribution in [0.4, 0.5) is 4.79 Å². The molecule has 1 aromatic rings. The van der Waals surface area contributed by atoms with Crippen LogP contribution in [0.15, 0.2) is 18.2 Å². The van der Waals surface area contributed by atoms with Crippen LogP contribution in [0.1, 0.15) is 28.4 Å². The van der Waals surface area contributed by atoms with Gasteiger partial charge in [-0.05, 0) is 29.2 Å². The highest BCUT2D eigenvalue weighted by atomic mass is 16.5. The molecule has 21 heavy (non-hydrogen) atoms. The number of amides is 2. The maximum Gasteiger partial charge on any atom is 0.335 e. The number of hydrogen-bond donors (Lipinski definition) is 2. The largest absolute Gasteiger partial charge is 0.478 e. The third-order valence-corrected chi connectivity index (χ3v) is 3.52. The van der Waals surface area contributed by atoms with Crippen LogP contribution in [-0.2, 0) is 17.8 Å². The van der Waals surface area contributed by atoms with E-state index in [4.69, 9.17) is 9.84 Å². The first-order chi connectivity index (χ1) is 10.0. The van der Waals surface area contributed by atoms with Crippen LogP contribution in [0.3, 0.4) is 0 Å². The molecule has 1 aromatic carbocycles. The standard InChI is InChI=1S/C15H20N2O4/c1-10(9-21-2)6-16-15(20)17-7-12-4-3-11(14(18)19)5-13(12)8-17/h3-5,10H,6-9H2,1-2H3,(H,16,20)(H,18,19). The van der Waals surface area contributed by atoms with Gasteiger partial charge in [0.1, 0.15) is 0 Å². The molecule has 114 valence electrons. The number of carboxylic acids is 1. The van der Waals surface area contributed by atoms with Gasteiger partial charge in [-0.1, -0.05) is 13.0 Å². The van der Waals surface area contributed by atoms with Gasteiger partial charge in [0.05, 0.1) is 12.2 Å². The minimum atomic E-state index is -0.950. The number of carbonyl (C=O) groups is 2. The van der Waals surface area contributed by atoms with E-state index >= 15 is 0 Å². The van der Waals surface area contributed by atoms with Crippen LogP contribution in [0, 0.1) is 5.92 Å². The summed E-state index contributed by atoms with van der Waals surface area (Å²) in [5, 5.41) is 11.9. The lowest BCUT2D eigenvalue weighted by atomic mass is 10.1. The van der Waals surface area contributed by atoms with Crippen LogP contribution >= 0.6 is 0 Å². The molecule has 0 aromatic heterocycles. The second-order valence-corrected chi connectivity index (χ2v) is 5.39. The van der Waals surface area contributed by atoms with E-state index in [9.17, 15) is 9.59 Å². The summed E-state index contributed by atoms with van der Waals surface area (Å²) in [5.74, 6) is -0.698. The molecule has 1 aliphatic rings. The van der Waals surface area contributed by atoms with Crippen LogP contribution in [0.5, 0.6) is 0 Å². The van der Waals surface area contributed by atoms with Crippen LogP contribution < -0.4 is 5.32 Å². The Morgan fingerprint density at radius 2 is 2.10 bits per heavy atom. The van der Waals surface area contributed by atoms with E-state index < -0.39 is 5.97 Å². The number of hydrogen-bond acceptors (Lipinski definition) is 3. The van der Waals surface area contributed by atoms with Gasteiger partial charge in [-0.15, -0.1) is 0 Å². The maximum absolute atomic E-state index is 12.1. The summed E-state index contributed by atoms with van der Waals surface area (Å²) in [6.45, 7) is 4.12. The molecule has 2 rings (SSSR count). The zero-order chi connectivity index (χ0) is 15.4. The number of methoxy groups -OCH3 is 1. The van der Waals surface area contributed by atoms with Gasteiger partial charge in [-0.3, -0.25) is 0 Å². The van der Waals surface area contributed by atoms with E-state index in [-0.39, 0.29) is 17.5 Å². The fraction of sp³-hybridized carbons (Fsp3) is 0.467. The van der Waals surface area contributed by atoms with Gasteiger partial charge >= 0.3 is 12.0 Å². The zero-order valence-corrected chi connectivity index (χ0v) is 12.3. The van der Waals surface area contributed by atoms with Crippen LogP contribution in [0.25, 0.3) is 0 Å². The molecule has 2 N–H and O–H groups in total. The average Bonchev–Trinajstić information content (AvgIpc) is 2.87. The lowest BCUT2D eigenvalue weighted by Crippen LogP contribution is -2.39. The smallest absolute Gasteiger partial charge is 0.335 e. The fourth-order valence-corrected chi connectivity index (χ4v) is 2.39. The summed E-state index contributed by atoms with van der Waals surface area (Å²) in [7, 11) is 1.63. The first kappa shape index (κ1) is 15.3. The number of nitrogens with zero attached hydrogens (tertiary/aromatic N) is 1. The molecule has 1 atom stereocenters. The van der Waals surface area contributed by atoms with Crippen molar-refractivity contribution in [2.45, 2.75) is 20.0 Å². The van der Waals surface area contributed by atoms with Crippen molar-refractivity contribution in [2.75, 3.05) is 20.3 Å². The molecule has 0 spiro atoms. The van der Waals surface area contributed by atoms with Gasteiger partial charge in [0.15, 0.2) is 0 Å². The van der Waals surface area contributed by atoms with Gasteiger partial charge < -0.3 is 20.1 Å². The molecule has 1 unspecified atom stereocenters. The molecule has 6 nitrogen and oxygen atoms in total. The number of carboxylic acid groups (broad SMARTS) is 1. The molecule has 1 heterocycles. The number of aromatic carboxylic acids is 1. The van der Waals surface area contributed by atoms with Gasteiger partial charge in [0.2, 0.25) is 0 Å². The summed E-state index contributed by atoms with van der Waals surface area (Å²) in [5.41, 5.74) is 2.15. The molecular weight excluding hydrogens is 272 g/mol. The minimum absolute atomic E-state index is 0.133. The van der Waals surface area contributed by atoms with Crippen LogP contribution in [0.2, 0.25) is 0 Å². The van der Waals surface area contributed by atoms with Crippen molar-refractivity contribution in [3.05, 3.63) is 34.9 Å². The van der Waals surface area contributed by atoms with Crippen molar-refractivity contribution in [3.63, 3.8) is 0 Å². The Morgan fingerprint density at radius 1 is 1.38 bits per heavy atom. The van der Waals surface area contributed by atoms with E-state index in [1.165, 1.54) is 0 Å². The number of benzene rings is 1. The molecule has 0 fully saturated rings. The highest BCUT2D eigenvalue weighted by molar-refractivity contribution is 5.88. The van der Waals surface area contributed by atoms with E-state index in [1.807, 2.05) is 6.92 Å². The van der Waals surface area contributed by atoms with E-state index in [1.54, 1.807) is 30.2 Å². The first-order valence-electron chi connectivity index (χ1n) is 6.88. The topological polar surface area (TPSA) is 78.9 Å². The Labute approximate surface area is 123 Å². The number of carbonyl (C=O) groups excluding carboxylic acids is 1.